The quantitative estimate of drug-likeness (QED) is 0.802. The maximum absolute atomic E-state index is 11.9. The number of nitrogens with one attached hydrogen (secondary N) is 2. The van der Waals surface area contributed by atoms with Crippen LogP contribution in [0.25, 0.3) is 0 Å². The van der Waals surface area contributed by atoms with Gasteiger partial charge < -0.3 is 4.74 Å². The Labute approximate surface area is 142 Å². The van der Waals surface area contributed by atoms with Crippen molar-refractivity contribution < 1.29 is 14.3 Å². The lowest BCUT2D eigenvalue weighted by molar-refractivity contribution is -0.123. The monoisotopic (exact) mass is 326 g/mol. The summed E-state index contributed by atoms with van der Waals surface area (Å²) in [7, 11) is 0. The van der Waals surface area contributed by atoms with Crippen molar-refractivity contribution >= 4 is 11.8 Å². The van der Waals surface area contributed by atoms with Gasteiger partial charge in [0.25, 0.3) is 11.8 Å². The minimum Gasteiger partial charge on any atom is -0.484 e. The Morgan fingerprint density at radius 3 is 2.29 bits per heavy atom. The number of carbonyl (C=O) groups excluding carboxylic acids is 2. The molecule has 0 spiro atoms. The van der Waals surface area contributed by atoms with Gasteiger partial charge in [-0.25, -0.2) is 0 Å². The van der Waals surface area contributed by atoms with Crippen molar-refractivity contribution in [2.75, 3.05) is 6.61 Å². The van der Waals surface area contributed by atoms with E-state index in [1.807, 2.05) is 44.2 Å². The average Bonchev–Trinajstić information content (AvgIpc) is 2.64. The van der Waals surface area contributed by atoms with E-state index < -0.39 is 5.91 Å². The van der Waals surface area contributed by atoms with E-state index in [4.69, 9.17) is 4.74 Å². The second-order valence-electron chi connectivity index (χ2n) is 5.34. The van der Waals surface area contributed by atoms with Gasteiger partial charge in [-0.2, -0.15) is 0 Å². The molecule has 5 heteroatoms. The fourth-order valence-corrected chi connectivity index (χ4v) is 2.13. The fraction of sp³-hybridized carbons (Fsp3) is 0.263. The molecule has 2 rings (SSSR count). The number of hydrazine groups is 1. The molecule has 0 aliphatic heterocycles. The van der Waals surface area contributed by atoms with Crippen LogP contribution in [0, 0.1) is 0 Å². The number of benzene rings is 2. The van der Waals surface area contributed by atoms with Gasteiger partial charge >= 0.3 is 0 Å². The number of ether oxygens (including phenoxy) is 1. The summed E-state index contributed by atoms with van der Waals surface area (Å²) < 4.78 is 5.42. The molecular formula is C19H22N2O3. The SMILES string of the molecule is CCc1ccc(C(=O)NNC(=O)COc2cccc(CC)c2)cc1. The fourth-order valence-electron chi connectivity index (χ4n) is 2.13. The highest BCUT2D eigenvalue weighted by Gasteiger charge is 2.08. The van der Waals surface area contributed by atoms with Crippen LogP contribution in [0.2, 0.25) is 0 Å². The number of hydrogen-bond donors (Lipinski definition) is 2. The zero-order valence-corrected chi connectivity index (χ0v) is 14.0. The molecule has 0 fully saturated rings. The third-order valence-electron chi connectivity index (χ3n) is 3.62. The summed E-state index contributed by atoms with van der Waals surface area (Å²) >= 11 is 0. The van der Waals surface area contributed by atoms with Crippen molar-refractivity contribution in [3.63, 3.8) is 0 Å². The van der Waals surface area contributed by atoms with Gasteiger partial charge in [-0.3, -0.25) is 20.4 Å². The first kappa shape index (κ1) is 17.5. The summed E-state index contributed by atoms with van der Waals surface area (Å²) in [6, 6.07) is 14.8. The van der Waals surface area contributed by atoms with Gasteiger partial charge in [0, 0.05) is 5.56 Å². The summed E-state index contributed by atoms with van der Waals surface area (Å²) in [6.45, 7) is 3.93. The van der Waals surface area contributed by atoms with Crippen LogP contribution in [0.4, 0.5) is 0 Å². The molecule has 2 N–H and O–H groups in total. The van der Waals surface area contributed by atoms with Crippen molar-refractivity contribution in [3.8, 4) is 5.75 Å². The van der Waals surface area contributed by atoms with E-state index in [1.54, 1.807) is 18.2 Å². The normalized spacial score (nSPS) is 10.1. The average molecular weight is 326 g/mol. The van der Waals surface area contributed by atoms with Crippen molar-refractivity contribution in [2.24, 2.45) is 0 Å². The van der Waals surface area contributed by atoms with Gasteiger partial charge in [-0.15, -0.1) is 0 Å². The summed E-state index contributed by atoms with van der Waals surface area (Å²) in [5.41, 5.74) is 7.50. The van der Waals surface area contributed by atoms with Crippen LogP contribution in [0.5, 0.6) is 5.75 Å². The molecule has 0 saturated heterocycles. The van der Waals surface area contributed by atoms with E-state index in [-0.39, 0.29) is 12.5 Å². The molecule has 0 unspecified atom stereocenters. The smallest absolute Gasteiger partial charge is 0.276 e. The van der Waals surface area contributed by atoms with Crippen LogP contribution in [-0.2, 0) is 17.6 Å². The van der Waals surface area contributed by atoms with E-state index in [0.29, 0.717) is 11.3 Å². The standard InChI is InChI=1S/C19H22N2O3/c1-3-14-8-10-16(11-9-14)19(23)21-20-18(22)13-24-17-7-5-6-15(4-2)12-17/h5-12H,3-4,13H2,1-2H3,(H,20,22)(H,21,23). The summed E-state index contributed by atoms with van der Waals surface area (Å²) in [5, 5.41) is 0. The Hall–Kier alpha value is -2.82. The van der Waals surface area contributed by atoms with E-state index in [9.17, 15) is 9.59 Å². The molecule has 0 radical (unpaired) electrons. The predicted molar refractivity (Wildman–Crippen MR) is 92.7 cm³/mol. The van der Waals surface area contributed by atoms with Gasteiger partial charge in [-0.05, 0) is 48.2 Å². The molecule has 0 heterocycles. The van der Waals surface area contributed by atoms with Gasteiger partial charge in [0.2, 0.25) is 0 Å². The van der Waals surface area contributed by atoms with E-state index in [2.05, 4.69) is 10.9 Å². The first-order chi connectivity index (χ1) is 11.6. The third kappa shape index (κ3) is 5.12. The molecule has 2 aromatic carbocycles. The highest BCUT2D eigenvalue weighted by Crippen LogP contribution is 2.13. The number of hydrogen-bond acceptors (Lipinski definition) is 3. The molecule has 126 valence electrons. The molecule has 0 aliphatic rings. The Bertz CT molecular complexity index is 696. The lowest BCUT2D eigenvalue weighted by atomic mass is 10.1. The first-order valence-corrected chi connectivity index (χ1v) is 8.02. The van der Waals surface area contributed by atoms with Crippen LogP contribution in [0.1, 0.15) is 35.3 Å². The molecule has 0 bridgehead atoms. The Kier molecular flexibility index (Phi) is 6.37. The van der Waals surface area contributed by atoms with E-state index >= 15 is 0 Å². The minimum atomic E-state index is -0.421. The molecule has 0 saturated carbocycles. The number of amides is 2. The molecule has 2 aromatic rings. The molecule has 0 atom stereocenters. The molecule has 2 amide bonds. The van der Waals surface area contributed by atoms with Crippen LogP contribution in [-0.4, -0.2) is 18.4 Å². The predicted octanol–water partition coefficient (Wildman–Crippen LogP) is 2.65. The van der Waals surface area contributed by atoms with Crippen LogP contribution < -0.4 is 15.6 Å². The summed E-state index contributed by atoms with van der Waals surface area (Å²) in [4.78, 5) is 23.7. The Morgan fingerprint density at radius 2 is 1.62 bits per heavy atom. The van der Waals surface area contributed by atoms with Gasteiger partial charge in [0.05, 0.1) is 0 Å². The Balaban J connectivity index is 1.78. The van der Waals surface area contributed by atoms with E-state index in [1.165, 1.54) is 0 Å². The zero-order chi connectivity index (χ0) is 17.4. The van der Waals surface area contributed by atoms with Crippen LogP contribution in [0.15, 0.2) is 48.5 Å². The summed E-state index contributed by atoms with van der Waals surface area (Å²) in [6.07, 6.45) is 1.81. The Morgan fingerprint density at radius 1 is 0.917 bits per heavy atom. The minimum absolute atomic E-state index is 0.164. The van der Waals surface area contributed by atoms with Crippen molar-refractivity contribution in [1.29, 1.82) is 0 Å². The molecule has 0 aromatic heterocycles. The second kappa shape index (κ2) is 8.72. The van der Waals surface area contributed by atoms with Crippen LogP contribution >= 0.6 is 0 Å². The highest BCUT2D eigenvalue weighted by molar-refractivity contribution is 5.95. The van der Waals surface area contributed by atoms with Crippen molar-refractivity contribution in [1.82, 2.24) is 10.9 Å². The summed E-state index contributed by atoms with van der Waals surface area (Å²) in [5.74, 6) is -0.152. The third-order valence-corrected chi connectivity index (χ3v) is 3.62. The first-order valence-electron chi connectivity index (χ1n) is 8.02. The van der Waals surface area contributed by atoms with Crippen LogP contribution in [0.3, 0.4) is 0 Å². The topological polar surface area (TPSA) is 67.4 Å². The largest absolute Gasteiger partial charge is 0.484 e. The number of carbonyl (C=O) groups is 2. The van der Waals surface area contributed by atoms with Crippen molar-refractivity contribution in [2.45, 2.75) is 26.7 Å². The maximum Gasteiger partial charge on any atom is 0.276 e. The lowest BCUT2D eigenvalue weighted by Crippen LogP contribution is -2.43. The maximum atomic E-state index is 11.9. The molecule has 24 heavy (non-hydrogen) atoms. The molecule has 0 aliphatic carbocycles. The molecule has 5 nitrogen and oxygen atoms in total. The number of rotatable bonds is 6. The lowest BCUT2D eigenvalue weighted by Gasteiger charge is -2.09. The second-order valence-corrected chi connectivity index (χ2v) is 5.34. The zero-order valence-electron chi connectivity index (χ0n) is 14.0. The molecular weight excluding hydrogens is 304 g/mol. The van der Waals surface area contributed by atoms with Gasteiger partial charge in [-0.1, -0.05) is 38.1 Å². The van der Waals surface area contributed by atoms with Gasteiger partial charge in [0.15, 0.2) is 6.61 Å². The van der Waals surface area contributed by atoms with E-state index in [0.717, 1.165) is 24.0 Å². The van der Waals surface area contributed by atoms with Crippen molar-refractivity contribution in [3.05, 3.63) is 65.2 Å². The van der Waals surface area contributed by atoms with Gasteiger partial charge in [0.1, 0.15) is 5.75 Å². The highest BCUT2D eigenvalue weighted by atomic mass is 16.5. The number of aryl methyl sites for hydroxylation is 2.